The molecule has 4 rings (SSSR count). The number of hydrogen-bond donors (Lipinski definition) is 0. The Balaban J connectivity index is 2.03. The number of allylic oxidation sites excluding steroid dienone is 1. The van der Waals surface area contributed by atoms with Crippen LogP contribution in [0.2, 0.25) is 0 Å². The van der Waals surface area contributed by atoms with E-state index in [-0.39, 0.29) is 0 Å². The predicted octanol–water partition coefficient (Wildman–Crippen LogP) is 3.57. The van der Waals surface area contributed by atoms with Gasteiger partial charge in [0.2, 0.25) is 0 Å². The van der Waals surface area contributed by atoms with Crippen LogP contribution in [0.25, 0.3) is 17.7 Å². The van der Waals surface area contributed by atoms with E-state index in [2.05, 4.69) is 56.3 Å². The second kappa shape index (κ2) is 4.24. The van der Waals surface area contributed by atoms with E-state index in [1.54, 1.807) is 0 Å². The number of fused-ring (bicyclic) bond motifs is 3. The van der Waals surface area contributed by atoms with Gasteiger partial charge in [-0.15, -0.1) is 0 Å². The molecule has 1 aromatic heterocycles. The van der Waals surface area contributed by atoms with E-state index in [1.807, 2.05) is 0 Å². The summed E-state index contributed by atoms with van der Waals surface area (Å²) in [7, 11) is 0. The second-order valence-electron chi connectivity index (χ2n) is 5.75. The normalized spacial score (nSPS) is 20.2. The molecule has 0 amide bonds. The lowest BCUT2D eigenvalue weighted by Gasteiger charge is -2.07. The maximum absolute atomic E-state index is 6.21. The van der Waals surface area contributed by atoms with Crippen molar-refractivity contribution in [2.45, 2.75) is 32.6 Å². The van der Waals surface area contributed by atoms with Gasteiger partial charge in [-0.05, 0) is 31.4 Å². The summed E-state index contributed by atoms with van der Waals surface area (Å²) in [6.45, 7) is 4.53. The van der Waals surface area contributed by atoms with Crippen LogP contribution in [-0.2, 0) is 0 Å². The highest BCUT2D eigenvalue weighted by atomic mass is 16.3. The zero-order valence-electron chi connectivity index (χ0n) is 11.9. The molecule has 1 atom stereocenters. The molecule has 1 aromatic carbocycles. The third-order valence-electron chi connectivity index (χ3n) is 4.62. The molecule has 2 aliphatic carbocycles. The van der Waals surface area contributed by atoms with Gasteiger partial charge in [0, 0.05) is 22.3 Å². The Bertz CT molecular complexity index is 819. The average Bonchev–Trinajstić information content (AvgIpc) is 2.96. The molecule has 0 bridgehead atoms. The van der Waals surface area contributed by atoms with Crippen molar-refractivity contribution in [3.05, 3.63) is 63.4 Å². The Morgan fingerprint density at radius 3 is 2.60 bits per heavy atom. The predicted molar refractivity (Wildman–Crippen MR) is 82.7 cm³/mol. The van der Waals surface area contributed by atoms with Gasteiger partial charge in [0.25, 0.3) is 0 Å². The molecule has 0 spiro atoms. The van der Waals surface area contributed by atoms with E-state index >= 15 is 0 Å². The maximum Gasteiger partial charge on any atom is 0.139 e. The maximum atomic E-state index is 6.21. The standard InChI is InChI=1S/C19H18O/c1-12-13(2)18-15-10-6-7-11-16(15)20-19(18)17(12)14-8-4-3-5-9-14/h3-5,8-11,13H,6-7H2,1-2H3. The van der Waals surface area contributed by atoms with Gasteiger partial charge in [0.15, 0.2) is 0 Å². The Morgan fingerprint density at radius 1 is 1.05 bits per heavy atom. The first-order valence-corrected chi connectivity index (χ1v) is 7.37. The topological polar surface area (TPSA) is 13.1 Å². The average molecular weight is 262 g/mol. The highest BCUT2D eigenvalue weighted by Gasteiger charge is 2.31. The molecule has 100 valence electrons. The van der Waals surface area contributed by atoms with Crippen molar-refractivity contribution in [2.24, 2.45) is 0 Å². The smallest absolute Gasteiger partial charge is 0.139 e. The van der Waals surface area contributed by atoms with Crippen LogP contribution in [0.1, 0.15) is 49.5 Å². The van der Waals surface area contributed by atoms with Gasteiger partial charge in [-0.2, -0.15) is 0 Å². The summed E-state index contributed by atoms with van der Waals surface area (Å²) < 4.78 is 6.21. The van der Waals surface area contributed by atoms with Crippen LogP contribution in [0, 0.1) is 0 Å². The first-order valence-electron chi connectivity index (χ1n) is 7.37. The fourth-order valence-electron chi connectivity index (χ4n) is 3.47. The van der Waals surface area contributed by atoms with Gasteiger partial charge in [-0.25, -0.2) is 0 Å². The minimum absolute atomic E-state index is 0.454. The number of benzene rings is 1. The molecule has 0 saturated heterocycles. The lowest BCUT2D eigenvalue weighted by molar-refractivity contribution is 0.515. The van der Waals surface area contributed by atoms with Crippen molar-refractivity contribution < 1.29 is 4.42 Å². The largest absolute Gasteiger partial charge is 0.456 e. The molecule has 0 fully saturated rings. The summed E-state index contributed by atoms with van der Waals surface area (Å²) >= 11 is 0. The summed E-state index contributed by atoms with van der Waals surface area (Å²) in [5, 5.41) is 1.34. The van der Waals surface area contributed by atoms with Crippen LogP contribution in [0.3, 0.4) is 0 Å². The molecule has 1 heterocycles. The fraction of sp³-hybridized carbons (Fsp3) is 0.263. The molecule has 1 heteroatoms. The zero-order valence-corrected chi connectivity index (χ0v) is 11.9. The quantitative estimate of drug-likeness (QED) is 0.765. The van der Waals surface area contributed by atoms with Crippen LogP contribution in [0.15, 0.2) is 40.3 Å². The van der Waals surface area contributed by atoms with Crippen LogP contribution < -0.4 is 10.6 Å². The molecular weight excluding hydrogens is 244 g/mol. The van der Waals surface area contributed by atoms with Crippen LogP contribution >= 0.6 is 0 Å². The molecule has 1 nitrogen and oxygen atoms in total. The Labute approximate surface area is 118 Å². The van der Waals surface area contributed by atoms with E-state index in [4.69, 9.17) is 4.42 Å². The monoisotopic (exact) mass is 262 g/mol. The minimum Gasteiger partial charge on any atom is -0.456 e. The summed E-state index contributed by atoms with van der Waals surface area (Å²) in [5.41, 5.74) is 6.46. The Hall–Kier alpha value is -2.02. The van der Waals surface area contributed by atoms with Gasteiger partial charge >= 0.3 is 0 Å². The third-order valence-corrected chi connectivity index (χ3v) is 4.62. The summed E-state index contributed by atoms with van der Waals surface area (Å²) in [6, 6.07) is 10.6. The SMILES string of the molecule is CC1=C(c2ccccc2)c2oc3c(c2C1C)=CCCC=3. The van der Waals surface area contributed by atoms with Crippen LogP contribution in [0.4, 0.5) is 0 Å². The van der Waals surface area contributed by atoms with Crippen molar-refractivity contribution >= 4 is 17.7 Å². The molecule has 2 aliphatic rings. The van der Waals surface area contributed by atoms with Crippen LogP contribution in [0.5, 0.6) is 0 Å². The first kappa shape index (κ1) is 11.8. The van der Waals surface area contributed by atoms with Crippen molar-refractivity contribution in [2.75, 3.05) is 0 Å². The Kier molecular flexibility index (Phi) is 2.50. The highest BCUT2D eigenvalue weighted by molar-refractivity contribution is 5.86. The van der Waals surface area contributed by atoms with Gasteiger partial charge in [-0.3, -0.25) is 0 Å². The number of hydrogen-bond acceptors (Lipinski definition) is 1. The molecule has 2 aromatic rings. The molecule has 20 heavy (non-hydrogen) atoms. The second-order valence-corrected chi connectivity index (χ2v) is 5.75. The van der Waals surface area contributed by atoms with Crippen molar-refractivity contribution in [3.8, 4) is 0 Å². The first-order chi connectivity index (χ1) is 9.77. The fourth-order valence-corrected chi connectivity index (χ4v) is 3.47. The Morgan fingerprint density at radius 2 is 1.80 bits per heavy atom. The van der Waals surface area contributed by atoms with Gasteiger partial charge in [0.05, 0.1) is 0 Å². The molecule has 0 aliphatic heterocycles. The van der Waals surface area contributed by atoms with E-state index < -0.39 is 0 Å². The summed E-state index contributed by atoms with van der Waals surface area (Å²) in [6.07, 6.45) is 6.80. The van der Waals surface area contributed by atoms with Gasteiger partial charge in [-0.1, -0.05) is 48.9 Å². The summed E-state index contributed by atoms with van der Waals surface area (Å²) in [4.78, 5) is 0. The number of furan rings is 1. The van der Waals surface area contributed by atoms with E-state index in [1.165, 1.54) is 27.5 Å². The summed E-state index contributed by atoms with van der Waals surface area (Å²) in [5.74, 6) is 1.55. The highest BCUT2D eigenvalue weighted by Crippen LogP contribution is 2.42. The minimum atomic E-state index is 0.454. The van der Waals surface area contributed by atoms with E-state index in [9.17, 15) is 0 Å². The molecule has 1 unspecified atom stereocenters. The number of rotatable bonds is 1. The molecule has 0 N–H and O–H groups in total. The lowest BCUT2D eigenvalue weighted by atomic mass is 9.97. The van der Waals surface area contributed by atoms with Gasteiger partial charge < -0.3 is 4.42 Å². The van der Waals surface area contributed by atoms with Crippen molar-refractivity contribution in [1.29, 1.82) is 0 Å². The molecular formula is C19H18O. The third kappa shape index (κ3) is 1.49. The van der Waals surface area contributed by atoms with E-state index in [0.29, 0.717) is 5.92 Å². The molecule has 0 saturated carbocycles. The van der Waals surface area contributed by atoms with E-state index in [0.717, 1.165) is 24.0 Å². The van der Waals surface area contributed by atoms with Crippen molar-refractivity contribution in [1.82, 2.24) is 0 Å². The zero-order chi connectivity index (χ0) is 13.7. The van der Waals surface area contributed by atoms with Gasteiger partial charge in [0.1, 0.15) is 11.2 Å². The molecule has 0 radical (unpaired) electrons. The van der Waals surface area contributed by atoms with Crippen molar-refractivity contribution in [3.63, 3.8) is 0 Å². The van der Waals surface area contributed by atoms with Crippen LogP contribution in [-0.4, -0.2) is 0 Å². The lowest BCUT2D eigenvalue weighted by Crippen LogP contribution is -2.25.